The quantitative estimate of drug-likeness (QED) is 0.879. The number of hydrogen-bond acceptors (Lipinski definition) is 4. The van der Waals surface area contributed by atoms with Crippen LogP contribution in [0.1, 0.15) is 30.2 Å². The second-order valence-corrected chi connectivity index (χ2v) is 5.66. The van der Waals surface area contributed by atoms with Crippen LogP contribution >= 0.6 is 0 Å². The van der Waals surface area contributed by atoms with Crippen molar-refractivity contribution < 1.29 is 9.90 Å². The molecule has 1 aliphatic heterocycles. The van der Waals surface area contributed by atoms with Crippen LogP contribution in [0.2, 0.25) is 0 Å². The summed E-state index contributed by atoms with van der Waals surface area (Å²) < 4.78 is 1.81. The van der Waals surface area contributed by atoms with Gasteiger partial charge in [0, 0.05) is 30.9 Å². The Bertz CT molecular complexity index is 792. The highest BCUT2D eigenvalue weighted by molar-refractivity contribution is 5.93. The van der Waals surface area contributed by atoms with Gasteiger partial charge < -0.3 is 10.0 Å². The number of aromatic nitrogens is 3. The second kappa shape index (κ2) is 5.87. The van der Waals surface area contributed by atoms with Crippen molar-refractivity contribution in [3.8, 4) is 0 Å². The number of rotatable bonds is 4. The van der Waals surface area contributed by atoms with E-state index in [9.17, 15) is 9.90 Å². The normalized spacial score (nSPS) is 14.2. The van der Waals surface area contributed by atoms with Crippen LogP contribution in [0.15, 0.2) is 23.9 Å². The van der Waals surface area contributed by atoms with Gasteiger partial charge in [-0.25, -0.2) is 9.78 Å². The highest BCUT2D eigenvalue weighted by Crippen LogP contribution is 2.36. The maximum absolute atomic E-state index is 11.4. The van der Waals surface area contributed by atoms with E-state index in [1.54, 1.807) is 17.0 Å². The first kappa shape index (κ1) is 15.3. The average Bonchev–Trinajstić information content (AvgIpc) is 3.05. The van der Waals surface area contributed by atoms with Crippen LogP contribution < -0.4 is 4.90 Å². The summed E-state index contributed by atoms with van der Waals surface area (Å²) in [6.07, 6.45) is 4.92. The number of anilines is 2. The van der Waals surface area contributed by atoms with Crippen molar-refractivity contribution in [2.45, 2.75) is 26.7 Å². The first-order valence-corrected chi connectivity index (χ1v) is 7.71. The Morgan fingerprint density at radius 1 is 1.48 bits per heavy atom. The fourth-order valence-corrected chi connectivity index (χ4v) is 3.05. The maximum Gasteiger partial charge on any atom is 0.331 e. The summed E-state index contributed by atoms with van der Waals surface area (Å²) in [6, 6.07) is 4.02. The molecule has 0 radical (unpaired) electrons. The van der Waals surface area contributed by atoms with Gasteiger partial charge in [-0.1, -0.05) is 13.0 Å². The van der Waals surface area contributed by atoms with Crippen LogP contribution in [0, 0.1) is 6.92 Å². The van der Waals surface area contributed by atoms with Crippen molar-refractivity contribution in [2.24, 2.45) is 7.05 Å². The fraction of sp³-hybridized carbons (Fsp3) is 0.353. The van der Waals surface area contributed by atoms with Crippen LogP contribution in [-0.4, -0.2) is 32.4 Å². The Hall–Kier alpha value is -2.63. The number of carboxylic acid groups (broad SMARTS) is 1. The van der Waals surface area contributed by atoms with Gasteiger partial charge >= 0.3 is 5.97 Å². The number of carboxylic acids is 1. The molecule has 6 nitrogen and oxygen atoms in total. The van der Waals surface area contributed by atoms with Gasteiger partial charge in [0.2, 0.25) is 0 Å². The minimum atomic E-state index is -0.887. The van der Waals surface area contributed by atoms with Crippen LogP contribution in [0.3, 0.4) is 0 Å². The fourth-order valence-electron chi connectivity index (χ4n) is 3.05. The summed E-state index contributed by atoms with van der Waals surface area (Å²) in [5.74, 6) is 0.937. The molecule has 6 heteroatoms. The molecule has 2 aromatic rings. The molecular formula is C17H20N4O2. The molecule has 3 rings (SSSR count). The topological polar surface area (TPSA) is 71.2 Å². The predicted molar refractivity (Wildman–Crippen MR) is 88.8 cm³/mol. The molecule has 120 valence electrons. The van der Waals surface area contributed by atoms with Crippen LogP contribution in [0.4, 0.5) is 11.6 Å². The van der Waals surface area contributed by atoms with E-state index in [-0.39, 0.29) is 0 Å². The number of fused-ring (bicyclic) bond motifs is 1. The Balaban J connectivity index is 2.13. The van der Waals surface area contributed by atoms with Crippen molar-refractivity contribution in [1.82, 2.24) is 14.8 Å². The Morgan fingerprint density at radius 3 is 2.96 bits per heavy atom. The van der Waals surface area contributed by atoms with Gasteiger partial charge in [0.15, 0.2) is 0 Å². The van der Waals surface area contributed by atoms with Crippen molar-refractivity contribution >= 4 is 23.7 Å². The maximum atomic E-state index is 11.4. The molecule has 0 saturated carbocycles. The molecule has 1 aliphatic rings. The molecule has 0 bridgehead atoms. The molecule has 23 heavy (non-hydrogen) atoms. The van der Waals surface area contributed by atoms with Crippen molar-refractivity contribution in [3.05, 3.63) is 40.7 Å². The van der Waals surface area contributed by atoms with E-state index in [1.165, 1.54) is 5.56 Å². The Kier molecular flexibility index (Phi) is 3.90. The lowest BCUT2D eigenvalue weighted by molar-refractivity contribution is -0.132. The van der Waals surface area contributed by atoms with Crippen LogP contribution in [0.5, 0.6) is 0 Å². The molecule has 1 N–H and O–H groups in total. The molecule has 0 spiro atoms. The minimum Gasteiger partial charge on any atom is -0.478 e. The zero-order chi connectivity index (χ0) is 16.6. The van der Waals surface area contributed by atoms with Crippen molar-refractivity contribution in [2.75, 3.05) is 11.4 Å². The molecule has 0 fully saturated rings. The third-order valence-electron chi connectivity index (χ3n) is 4.19. The molecule has 0 aliphatic carbocycles. The largest absolute Gasteiger partial charge is 0.478 e. The van der Waals surface area contributed by atoms with Crippen molar-refractivity contribution in [3.63, 3.8) is 0 Å². The number of carbonyl (C=O) groups is 1. The van der Waals surface area contributed by atoms with Crippen LogP contribution in [0.25, 0.3) is 6.08 Å². The third kappa shape index (κ3) is 2.60. The smallest absolute Gasteiger partial charge is 0.331 e. The molecule has 0 saturated heterocycles. The molecular weight excluding hydrogens is 292 g/mol. The van der Waals surface area contributed by atoms with Crippen molar-refractivity contribution in [1.29, 1.82) is 0 Å². The second-order valence-electron chi connectivity index (χ2n) is 5.66. The van der Waals surface area contributed by atoms with Gasteiger partial charge in [-0.3, -0.25) is 4.68 Å². The number of nitrogens with zero attached hydrogens (tertiary/aromatic N) is 4. The van der Waals surface area contributed by atoms with Gasteiger partial charge in [0.1, 0.15) is 11.6 Å². The molecule has 0 aromatic carbocycles. The summed E-state index contributed by atoms with van der Waals surface area (Å²) in [5, 5.41) is 13.8. The molecule has 0 atom stereocenters. The predicted octanol–water partition coefficient (Wildman–Crippen LogP) is 2.70. The highest BCUT2D eigenvalue weighted by atomic mass is 16.4. The monoisotopic (exact) mass is 312 g/mol. The average molecular weight is 312 g/mol. The molecule has 0 unspecified atom stereocenters. The van der Waals surface area contributed by atoms with Crippen LogP contribution in [-0.2, 0) is 18.3 Å². The molecule has 3 heterocycles. The van der Waals surface area contributed by atoms with Gasteiger partial charge in [-0.05, 0) is 37.5 Å². The Morgan fingerprint density at radius 2 is 2.26 bits per heavy atom. The highest BCUT2D eigenvalue weighted by Gasteiger charge is 2.27. The summed E-state index contributed by atoms with van der Waals surface area (Å²) in [5.41, 5.74) is 3.25. The van der Waals surface area contributed by atoms with Gasteiger partial charge in [-0.15, -0.1) is 0 Å². The van der Waals surface area contributed by atoms with E-state index < -0.39 is 5.97 Å². The standard InChI is InChI=1S/C17H20N4O2/c1-4-12(17(22)23)10-14-11(2)19-20(3)16(14)21-9-7-13-6-5-8-18-15(13)21/h5-6,8,10H,4,7,9H2,1-3H3,(H,22,23). The lowest BCUT2D eigenvalue weighted by Crippen LogP contribution is -2.18. The lowest BCUT2D eigenvalue weighted by Gasteiger charge is -2.19. The SMILES string of the molecule is CCC(=Cc1c(C)nn(C)c1N1CCc2cccnc21)C(=O)O. The lowest BCUT2D eigenvalue weighted by atomic mass is 10.1. The summed E-state index contributed by atoms with van der Waals surface area (Å²) in [7, 11) is 1.88. The van der Waals surface area contributed by atoms with Gasteiger partial charge in [0.25, 0.3) is 0 Å². The molecule has 2 aromatic heterocycles. The van der Waals surface area contributed by atoms with E-state index in [1.807, 2.05) is 27.0 Å². The summed E-state index contributed by atoms with van der Waals surface area (Å²) in [4.78, 5) is 18.0. The van der Waals surface area contributed by atoms with E-state index in [2.05, 4.69) is 21.0 Å². The number of aryl methyl sites for hydroxylation is 2. The first-order valence-electron chi connectivity index (χ1n) is 7.71. The van der Waals surface area contributed by atoms with E-state index in [4.69, 9.17) is 0 Å². The summed E-state index contributed by atoms with van der Waals surface area (Å²) >= 11 is 0. The van der Waals surface area contributed by atoms with Gasteiger partial charge in [-0.2, -0.15) is 5.10 Å². The van der Waals surface area contributed by atoms with E-state index >= 15 is 0 Å². The zero-order valence-electron chi connectivity index (χ0n) is 13.6. The van der Waals surface area contributed by atoms with Gasteiger partial charge in [0.05, 0.1) is 5.69 Å². The van der Waals surface area contributed by atoms with E-state index in [0.717, 1.165) is 35.9 Å². The zero-order valence-corrected chi connectivity index (χ0v) is 13.6. The first-order chi connectivity index (χ1) is 11.0. The number of pyridine rings is 1. The third-order valence-corrected chi connectivity index (χ3v) is 4.19. The van der Waals surface area contributed by atoms with E-state index in [0.29, 0.717) is 12.0 Å². The molecule has 0 amide bonds. The number of aliphatic carboxylic acids is 1. The minimum absolute atomic E-state index is 0.378. The Labute approximate surface area is 135 Å². The number of hydrogen-bond donors (Lipinski definition) is 1. The summed E-state index contributed by atoms with van der Waals surface area (Å²) in [6.45, 7) is 4.57.